The smallest absolute Gasteiger partial charge is 0.318 e. The van der Waals surface area contributed by atoms with Crippen LogP contribution in [-0.2, 0) is 9.53 Å². The van der Waals surface area contributed by atoms with Gasteiger partial charge in [-0.2, -0.15) is 16.3 Å². The lowest BCUT2D eigenvalue weighted by atomic mass is 9.91. The molecule has 1 saturated carbocycles. The number of esters is 1. The third kappa shape index (κ3) is 2.47. The Morgan fingerprint density at radius 1 is 1.50 bits per heavy atom. The summed E-state index contributed by atoms with van der Waals surface area (Å²) >= 11 is 1.57. The monoisotopic (exact) mass is 292 g/mol. The van der Waals surface area contributed by atoms with Crippen LogP contribution in [0.4, 0.5) is 0 Å². The standard InChI is InChI=1S/C14H16N2O3S/c1-18-14(17)11(9-4-2-3-5-9)13-15-12(16-19-13)10-6-7-20-8-10/h6-9,11H,2-5H2,1H3. The van der Waals surface area contributed by atoms with Crippen LogP contribution in [0.2, 0.25) is 0 Å². The largest absolute Gasteiger partial charge is 0.468 e. The van der Waals surface area contributed by atoms with Crippen molar-refractivity contribution in [2.45, 2.75) is 31.6 Å². The summed E-state index contributed by atoms with van der Waals surface area (Å²) in [5.74, 6) is 0.455. The molecule has 1 aliphatic carbocycles. The summed E-state index contributed by atoms with van der Waals surface area (Å²) in [6.07, 6.45) is 4.30. The van der Waals surface area contributed by atoms with Crippen LogP contribution in [-0.4, -0.2) is 23.2 Å². The molecular weight excluding hydrogens is 276 g/mol. The van der Waals surface area contributed by atoms with Crippen LogP contribution < -0.4 is 0 Å². The third-order valence-electron chi connectivity index (χ3n) is 3.81. The molecule has 5 nitrogen and oxygen atoms in total. The van der Waals surface area contributed by atoms with E-state index in [2.05, 4.69) is 10.1 Å². The molecule has 0 radical (unpaired) electrons. The second-order valence-corrected chi connectivity index (χ2v) is 5.79. The number of thiophene rings is 1. The van der Waals surface area contributed by atoms with E-state index < -0.39 is 5.92 Å². The molecule has 6 heteroatoms. The number of carbonyl (C=O) groups is 1. The fraction of sp³-hybridized carbons (Fsp3) is 0.500. The van der Waals surface area contributed by atoms with Crippen LogP contribution >= 0.6 is 11.3 Å². The number of rotatable bonds is 4. The van der Waals surface area contributed by atoms with Crippen LogP contribution in [0, 0.1) is 5.92 Å². The molecular formula is C14H16N2O3S. The van der Waals surface area contributed by atoms with Crippen molar-refractivity contribution in [2.24, 2.45) is 5.92 Å². The van der Waals surface area contributed by atoms with E-state index in [0.717, 1.165) is 31.2 Å². The number of ether oxygens (including phenoxy) is 1. The van der Waals surface area contributed by atoms with Gasteiger partial charge in [0.15, 0.2) is 0 Å². The Hall–Kier alpha value is -1.69. The molecule has 20 heavy (non-hydrogen) atoms. The normalized spacial score (nSPS) is 17.2. The second kappa shape index (κ2) is 5.75. The van der Waals surface area contributed by atoms with E-state index in [9.17, 15) is 4.79 Å². The number of carbonyl (C=O) groups excluding carboxylic acids is 1. The average molecular weight is 292 g/mol. The lowest BCUT2D eigenvalue weighted by molar-refractivity contribution is -0.144. The van der Waals surface area contributed by atoms with E-state index in [1.807, 2.05) is 16.8 Å². The Balaban J connectivity index is 1.89. The van der Waals surface area contributed by atoms with Crippen molar-refractivity contribution in [3.63, 3.8) is 0 Å². The zero-order valence-corrected chi connectivity index (χ0v) is 12.1. The second-order valence-electron chi connectivity index (χ2n) is 5.01. The molecule has 106 valence electrons. The van der Waals surface area contributed by atoms with Crippen molar-refractivity contribution in [1.82, 2.24) is 10.1 Å². The summed E-state index contributed by atoms with van der Waals surface area (Å²) in [6, 6.07) is 1.93. The van der Waals surface area contributed by atoms with Gasteiger partial charge in [-0.05, 0) is 30.2 Å². The van der Waals surface area contributed by atoms with E-state index in [-0.39, 0.29) is 11.9 Å². The van der Waals surface area contributed by atoms with Crippen molar-refractivity contribution in [3.8, 4) is 11.4 Å². The fourth-order valence-electron chi connectivity index (χ4n) is 2.78. The summed E-state index contributed by atoms with van der Waals surface area (Å²) < 4.78 is 10.2. The summed E-state index contributed by atoms with van der Waals surface area (Å²) in [6.45, 7) is 0. The molecule has 0 bridgehead atoms. The number of aromatic nitrogens is 2. The van der Waals surface area contributed by atoms with Crippen molar-refractivity contribution in [2.75, 3.05) is 7.11 Å². The summed E-state index contributed by atoms with van der Waals surface area (Å²) in [7, 11) is 1.40. The van der Waals surface area contributed by atoms with Gasteiger partial charge >= 0.3 is 5.97 Å². The number of methoxy groups -OCH3 is 1. The van der Waals surface area contributed by atoms with Gasteiger partial charge in [0.05, 0.1) is 7.11 Å². The van der Waals surface area contributed by atoms with Crippen LogP contribution in [0.1, 0.15) is 37.5 Å². The van der Waals surface area contributed by atoms with Crippen molar-refractivity contribution in [3.05, 3.63) is 22.7 Å². The minimum atomic E-state index is -0.428. The average Bonchev–Trinajstić information content (AvgIpc) is 3.20. The Morgan fingerprint density at radius 3 is 2.95 bits per heavy atom. The summed E-state index contributed by atoms with van der Waals surface area (Å²) in [5.41, 5.74) is 0.917. The van der Waals surface area contributed by atoms with Gasteiger partial charge in [-0.1, -0.05) is 18.0 Å². The van der Waals surface area contributed by atoms with Gasteiger partial charge in [0, 0.05) is 10.9 Å². The minimum absolute atomic E-state index is 0.248. The maximum absolute atomic E-state index is 12.0. The SMILES string of the molecule is COC(=O)C(c1nc(-c2ccsc2)no1)C1CCCC1. The lowest BCUT2D eigenvalue weighted by Gasteiger charge is -2.16. The fourth-order valence-corrected chi connectivity index (χ4v) is 3.42. The lowest BCUT2D eigenvalue weighted by Crippen LogP contribution is -2.21. The maximum Gasteiger partial charge on any atom is 0.318 e. The van der Waals surface area contributed by atoms with E-state index >= 15 is 0 Å². The summed E-state index contributed by atoms with van der Waals surface area (Å²) in [5, 5.41) is 7.89. The quantitative estimate of drug-likeness (QED) is 0.809. The van der Waals surface area contributed by atoms with Gasteiger partial charge in [-0.25, -0.2) is 0 Å². The first kappa shape index (κ1) is 13.3. The maximum atomic E-state index is 12.0. The molecule has 2 heterocycles. The highest BCUT2D eigenvalue weighted by atomic mass is 32.1. The molecule has 1 aliphatic rings. The van der Waals surface area contributed by atoms with E-state index in [1.54, 1.807) is 11.3 Å². The van der Waals surface area contributed by atoms with Crippen LogP contribution in [0.5, 0.6) is 0 Å². The highest BCUT2D eigenvalue weighted by molar-refractivity contribution is 7.08. The Labute approximate surface area is 121 Å². The van der Waals surface area contributed by atoms with Crippen LogP contribution in [0.15, 0.2) is 21.3 Å². The Bertz CT molecular complexity index is 573. The van der Waals surface area contributed by atoms with Crippen molar-refractivity contribution >= 4 is 17.3 Å². The van der Waals surface area contributed by atoms with Gasteiger partial charge in [0.1, 0.15) is 5.92 Å². The molecule has 1 atom stereocenters. The molecule has 0 saturated heterocycles. The number of nitrogens with zero attached hydrogens (tertiary/aromatic N) is 2. The van der Waals surface area contributed by atoms with Crippen molar-refractivity contribution in [1.29, 1.82) is 0 Å². The molecule has 1 fully saturated rings. The zero-order chi connectivity index (χ0) is 13.9. The molecule has 0 amide bonds. The van der Waals surface area contributed by atoms with Gasteiger partial charge in [0.25, 0.3) is 0 Å². The molecule has 2 aromatic rings. The minimum Gasteiger partial charge on any atom is -0.468 e. The predicted molar refractivity (Wildman–Crippen MR) is 74.3 cm³/mol. The zero-order valence-electron chi connectivity index (χ0n) is 11.2. The number of hydrogen-bond donors (Lipinski definition) is 0. The van der Waals surface area contributed by atoms with Crippen molar-refractivity contribution < 1.29 is 14.1 Å². The Kier molecular flexibility index (Phi) is 3.82. The first-order valence-corrected chi connectivity index (χ1v) is 7.68. The van der Waals surface area contributed by atoms with Gasteiger partial charge in [0.2, 0.25) is 11.7 Å². The van der Waals surface area contributed by atoms with Crippen LogP contribution in [0.25, 0.3) is 11.4 Å². The highest BCUT2D eigenvalue weighted by Gasteiger charge is 2.37. The topological polar surface area (TPSA) is 65.2 Å². The number of hydrogen-bond acceptors (Lipinski definition) is 6. The van der Waals surface area contributed by atoms with Gasteiger partial charge < -0.3 is 9.26 Å². The van der Waals surface area contributed by atoms with E-state index in [0.29, 0.717) is 11.7 Å². The van der Waals surface area contributed by atoms with E-state index in [1.165, 1.54) is 7.11 Å². The molecule has 0 spiro atoms. The predicted octanol–water partition coefficient (Wildman–Crippen LogP) is 3.24. The molecule has 0 aromatic carbocycles. The highest BCUT2D eigenvalue weighted by Crippen LogP contribution is 2.38. The first-order valence-electron chi connectivity index (χ1n) is 6.73. The van der Waals surface area contributed by atoms with Crippen LogP contribution in [0.3, 0.4) is 0 Å². The molecule has 2 aromatic heterocycles. The molecule has 0 aliphatic heterocycles. The molecule has 0 N–H and O–H groups in total. The molecule has 1 unspecified atom stereocenters. The summed E-state index contributed by atoms with van der Waals surface area (Å²) in [4.78, 5) is 16.4. The van der Waals surface area contributed by atoms with Gasteiger partial charge in [-0.3, -0.25) is 4.79 Å². The molecule has 3 rings (SSSR count). The third-order valence-corrected chi connectivity index (χ3v) is 4.50. The first-order chi connectivity index (χ1) is 9.79. The van der Waals surface area contributed by atoms with Gasteiger partial charge in [-0.15, -0.1) is 0 Å². The Morgan fingerprint density at radius 2 is 2.30 bits per heavy atom. The van der Waals surface area contributed by atoms with E-state index in [4.69, 9.17) is 9.26 Å².